The first-order chi connectivity index (χ1) is 23.8. The molecule has 264 valence electrons. The average molecular weight is 679 g/mol. The Balaban J connectivity index is 1.43. The van der Waals surface area contributed by atoms with Crippen molar-refractivity contribution in [2.75, 3.05) is 16.5 Å². The van der Waals surface area contributed by atoms with Crippen molar-refractivity contribution in [1.82, 2.24) is 9.55 Å². The Morgan fingerprint density at radius 2 is 1.25 bits per heavy atom. The first-order valence-corrected chi connectivity index (χ1v) is 18.3. The van der Waals surface area contributed by atoms with Crippen molar-refractivity contribution in [3.05, 3.63) is 114 Å². The molecule has 0 atom stereocenters. The van der Waals surface area contributed by atoms with E-state index in [2.05, 4.69) is 188 Å². The maximum Gasteiger partial charge on any atom is 0.137 e. The normalized spacial score (nSPS) is 14.1. The lowest BCUT2D eigenvalue weighted by molar-refractivity contribution is 0.453. The van der Waals surface area contributed by atoms with Crippen molar-refractivity contribution in [1.29, 1.82) is 0 Å². The molecule has 0 saturated heterocycles. The van der Waals surface area contributed by atoms with E-state index in [1.54, 1.807) is 0 Å². The van der Waals surface area contributed by atoms with Gasteiger partial charge in [-0.1, -0.05) is 92.6 Å². The number of hydrogen-bond donors (Lipinski definition) is 0. The van der Waals surface area contributed by atoms with Crippen LogP contribution in [0.3, 0.4) is 0 Å². The largest absolute Gasteiger partial charge is 0.457 e. The van der Waals surface area contributed by atoms with E-state index in [4.69, 9.17) is 9.72 Å². The van der Waals surface area contributed by atoms with Crippen LogP contribution in [0.1, 0.15) is 99.8 Å². The molecule has 7 rings (SSSR count). The van der Waals surface area contributed by atoms with Crippen molar-refractivity contribution in [3.8, 4) is 17.3 Å². The van der Waals surface area contributed by atoms with E-state index in [1.807, 2.05) is 6.20 Å². The van der Waals surface area contributed by atoms with E-state index < -0.39 is 0 Å². The van der Waals surface area contributed by atoms with Gasteiger partial charge in [-0.15, -0.1) is 0 Å². The predicted octanol–water partition coefficient (Wildman–Crippen LogP) is 12.6. The molecule has 6 aromatic rings. The number of pyridine rings is 1. The van der Waals surface area contributed by atoms with E-state index in [-0.39, 0.29) is 21.8 Å². The Morgan fingerprint density at radius 3 is 1.92 bits per heavy atom. The van der Waals surface area contributed by atoms with Gasteiger partial charge in [0.15, 0.2) is 0 Å². The van der Waals surface area contributed by atoms with E-state index in [0.29, 0.717) is 0 Å². The Bertz CT molecular complexity index is 2270. The zero-order chi connectivity index (χ0) is 36.7. The molecule has 0 spiro atoms. The first kappa shape index (κ1) is 34.7. The molecule has 1 aliphatic heterocycles. The van der Waals surface area contributed by atoms with Gasteiger partial charge in [0.2, 0.25) is 0 Å². The predicted molar refractivity (Wildman–Crippen MR) is 217 cm³/mol. The summed E-state index contributed by atoms with van der Waals surface area (Å²) in [5.41, 5.74) is 9.21. The second kappa shape index (κ2) is 11.9. The fourth-order valence-corrected chi connectivity index (χ4v) is 7.29. The second-order valence-electron chi connectivity index (χ2n) is 18.3. The number of anilines is 3. The monoisotopic (exact) mass is 678 g/mol. The van der Waals surface area contributed by atoms with Gasteiger partial charge >= 0.3 is 0 Å². The minimum absolute atomic E-state index is 0.000326. The molecule has 0 amide bonds. The van der Waals surface area contributed by atoms with Crippen molar-refractivity contribution in [2.45, 2.75) is 105 Å². The highest BCUT2D eigenvalue weighted by molar-refractivity contribution is 6.10. The van der Waals surface area contributed by atoms with E-state index in [1.165, 1.54) is 38.8 Å². The number of para-hydroxylation sites is 3. The third kappa shape index (κ3) is 6.37. The van der Waals surface area contributed by atoms with Gasteiger partial charge in [0, 0.05) is 45.9 Å². The molecule has 0 N–H and O–H groups in total. The van der Waals surface area contributed by atoms with Crippen LogP contribution in [-0.4, -0.2) is 21.8 Å². The fourth-order valence-electron chi connectivity index (χ4n) is 7.29. The number of aromatic nitrogens is 2. The third-order valence-electron chi connectivity index (χ3n) is 10.3. The van der Waals surface area contributed by atoms with Crippen LogP contribution < -0.4 is 14.5 Å². The SMILES string of the molecule is CC(C)(C)c1cc(Oc2cc3c(cc2C(C)(C)C)c2ccccc2n3-c2cc(C(C)(C)C)ccn2)cc(N2CN(C(C)(C)C)c3ccccc32)c1. The molecule has 0 radical (unpaired) electrons. The van der Waals surface area contributed by atoms with Gasteiger partial charge in [-0.3, -0.25) is 4.57 Å². The van der Waals surface area contributed by atoms with Gasteiger partial charge < -0.3 is 14.5 Å². The van der Waals surface area contributed by atoms with Crippen molar-refractivity contribution in [3.63, 3.8) is 0 Å². The van der Waals surface area contributed by atoms with E-state index in [0.717, 1.165) is 40.7 Å². The maximum absolute atomic E-state index is 7.15. The molecule has 4 aromatic carbocycles. The summed E-state index contributed by atoms with van der Waals surface area (Å²) >= 11 is 0. The van der Waals surface area contributed by atoms with Crippen LogP contribution in [0.25, 0.3) is 27.6 Å². The van der Waals surface area contributed by atoms with Crippen LogP contribution in [-0.2, 0) is 16.2 Å². The number of rotatable bonds is 4. The summed E-state index contributed by atoms with van der Waals surface area (Å²) in [6, 6.07) is 33.2. The molecule has 0 aliphatic carbocycles. The zero-order valence-corrected chi connectivity index (χ0v) is 32.6. The van der Waals surface area contributed by atoms with Crippen molar-refractivity contribution in [2.24, 2.45) is 0 Å². The average Bonchev–Trinajstić information content (AvgIpc) is 3.59. The topological polar surface area (TPSA) is 33.5 Å². The highest BCUT2D eigenvalue weighted by atomic mass is 16.5. The van der Waals surface area contributed by atoms with Gasteiger partial charge in [0.1, 0.15) is 17.3 Å². The van der Waals surface area contributed by atoms with E-state index >= 15 is 0 Å². The molecule has 0 bridgehead atoms. The van der Waals surface area contributed by atoms with Gasteiger partial charge in [-0.05, 0) is 96.7 Å². The fraction of sp³-hybridized carbons (Fsp3) is 0.370. The summed E-state index contributed by atoms with van der Waals surface area (Å²) in [6.45, 7) is 28.0. The Kier molecular flexibility index (Phi) is 8.09. The maximum atomic E-state index is 7.15. The zero-order valence-electron chi connectivity index (χ0n) is 32.6. The molecule has 0 fully saturated rings. The molecular formula is C46H54N4O. The molecule has 1 aliphatic rings. The molecule has 3 heterocycles. The lowest BCUT2D eigenvalue weighted by atomic mass is 9.85. The Labute approximate surface area is 304 Å². The quantitative estimate of drug-likeness (QED) is 0.186. The Morgan fingerprint density at radius 1 is 0.588 bits per heavy atom. The van der Waals surface area contributed by atoms with Gasteiger partial charge in [0.25, 0.3) is 0 Å². The highest BCUT2D eigenvalue weighted by Crippen LogP contribution is 2.47. The van der Waals surface area contributed by atoms with Crippen LogP contribution in [0.15, 0.2) is 97.2 Å². The number of ether oxygens (including phenoxy) is 1. The molecule has 5 nitrogen and oxygen atoms in total. The summed E-state index contributed by atoms with van der Waals surface area (Å²) in [4.78, 5) is 9.85. The summed E-state index contributed by atoms with van der Waals surface area (Å²) < 4.78 is 9.46. The second-order valence-corrected chi connectivity index (χ2v) is 18.3. The van der Waals surface area contributed by atoms with Crippen molar-refractivity contribution >= 4 is 38.9 Å². The third-order valence-corrected chi connectivity index (χ3v) is 10.3. The van der Waals surface area contributed by atoms with Gasteiger partial charge in [-0.2, -0.15) is 0 Å². The number of nitrogens with zero attached hydrogens (tertiary/aromatic N) is 4. The minimum Gasteiger partial charge on any atom is -0.457 e. The van der Waals surface area contributed by atoms with Gasteiger partial charge in [-0.25, -0.2) is 4.98 Å². The van der Waals surface area contributed by atoms with Crippen LogP contribution in [0.4, 0.5) is 17.1 Å². The summed E-state index contributed by atoms with van der Waals surface area (Å²) in [6.07, 6.45) is 1.94. The number of benzene rings is 4. The number of fused-ring (bicyclic) bond motifs is 4. The van der Waals surface area contributed by atoms with Crippen LogP contribution in [0.2, 0.25) is 0 Å². The molecule has 2 aromatic heterocycles. The van der Waals surface area contributed by atoms with Gasteiger partial charge in [0.05, 0.1) is 29.1 Å². The summed E-state index contributed by atoms with van der Waals surface area (Å²) in [7, 11) is 0. The first-order valence-electron chi connectivity index (χ1n) is 18.3. The Hall–Kier alpha value is -4.77. The highest BCUT2D eigenvalue weighted by Gasteiger charge is 2.34. The molecule has 0 unspecified atom stereocenters. The molecular weight excluding hydrogens is 625 g/mol. The van der Waals surface area contributed by atoms with Crippen LogP contribution >= 0.6 is 0 Å². The lowest BCUT2D eigenvalue weighted by Crippen LogP contribution is -2.42. The van der Waals surface area contributed by atoms with Crippen molar-refractivity contribution < 1.29 is 4.74 Å². The standard InChI is InChI=1S/C46H54N4O/c1-43(2,3)30-21-22-47-42(25-30)50-37-18-14-13-17-34(37)35-27-36(45(7,8)9)41(28-40(35)50)51-33-24-31(44(4,5)6)23-32(26-33)48-29-49(46(10,11)12)39-20-16-15-19-38(39)48/h13-28H,29H2,1-12H3. The van der Waals surface area contributed by atoms with Crippen LogP contribution in [0.5, 0.6) is 11.5 Å². The van der Waals surface area contributed by atoms with E-state index in [9.17, 15) is 0 Å². The lowest BCUT2D eigenvalue weighted by Gasteiger charge is -2.34. The minimum atomic E-state index is -0.164. The molecule has 5 heteroatoms. The summed E-state index contributed by atoms with van der Waals surface area (Å²) in [5, 5.41) is 2.41. The summed E-state index contributed by atoms with van der Waals surface area (Å²) in [5.74, 6) is 2.61. The number of hydrogen-bond acceptors (Lipinski definition) is 4. The van der Waals surface area contributed by atoms with Crippen LogP contribution in [0, 0.1) is 0 Å². The molecule has 0 saturated carbocycles. The smallest absolute Gasteiger partial charge is 0.137 e. The molecule has 51 heavy (non-hydrogen) atoms.